The highest BCUT2D eigenvalue weighted by atomic mass is 19.4. The molecule has 0 saturated carbocycles. The first-order valence-electron chi connectivity index (χ1n) is 9.24. The number of fused-ring (bicyclic) bond motifs is 2. The molecule has 4 rings (SSSR count). The highest BCUT2D eigenvalue weighted by Gasteiger charge is 2.41. The summed E-state index contributed by atoms with van der Waals surface area (Å²) in [6.07, 6.45) is -4.24. The van der Waals surface area contributed by atoms with E-state index in [1.165, 1.54) is 4.90 Å². The monoisotopic (exact) mass is 398 g/mol. The molecule has 2 aliphatic heterocycles. The molecule has 4 heterocycles. The number of rotatable bonds is 2. The van der Waals surface area contributed by atoms with E-state index in [1.807, 2.05) is 20.8 Å². The van der Waals surface area contributed by atoms with Crippen LogP contribution in [-0.2, 0) is 37.0 Å². The normalized spacial score (nSPS) is 22.1. The van der Waals surface area contributed by atoms with Crippen molar-refractivity contribution < 1.29 is 22.7 Å². The lowest BCUT2D eigenvalue weighted by molar-refractivity contribution is -0.147. The zero-order valence-electron chi connectivity index (χ0n) is 15.8. The van der Waals surface area contributed by atoms with Gasteiger partial charge in [-0.2, -0.15) is 18.3 Å². The molecule has 2 aromatic rings. The van der Waals surface area contributed by atoms with Crippen LogP contribution < -0.4 is 0 Å². The second-order valence-corrected chi connectivity index (χ2v) is 7.14. The minimum atomic E-state index is -4.57. The number of carbonyl (C=O) groups is 1. The van der Waals surface area contributed by atoms with Crippen LogP contribution in [0.4, 0.5) is 13.2 Å². The molecule has 0 aliphatic carbocycles. The third-order valence-electron chi connectivity index (χ3n) is 5.19. The molecular weight excluding hydrogens is 377 g/mol. The maximum atomic E-state index is 13.3. The molecule has 28 heavy (non-hydrogen) atoms. The first-order valence-corrected chi connectivity index (χ1v) is 9.24. The Morgan fingerprint density at radius 2 is 2.00 bits per heavy atom. The summed E-state index contributed by atoms with van der Waals surface area (Å²) >= 11 is 0. The molecule has 0 spiro atoms. The summed E-state index contributed by atoms with van der Waals surface area (Å²) in [6.45, 7) is 6.38. The van der Waals surface area contributed by atoms with Gasteiger partial charge in [0.05, 0.1) is 24.4 Å². The van der Waals surface area contributed by atoms with E-state index in [0.29, 0.717) is 18.7 Å². The third kappa shape index (κ3) is 2.97. The van der Waals surface area contributed by atoms with Gasteiger partial charge in [0.2, 0.25) is 5.82 Å². The molecule has 11 heteroatoms. The van der Waals surface area contributed by atoms with Crippen molar-refractivity contribution in [1.29, 1.82) is 0 Å². The number of aryl methyl sites for hydroxylation is 1. The number of nitrogens with zero attached hydrogens (tertiary/aromatic N) is 6. The summed E-state index contributed by atoms with van der Waals surface area (Å²) in [6, 6.07) is 0. The van der Waals surface area contributed by atoms with Crippen molar-refractivity contribution >= 4 is 5.91 Å². The van der Waals surface area contributed by atoms with Crippen LogP contribution in [0.5, 0.6) is 0 Å². The molecule has 0 bridgehead atoms. The number of hydrogen-bond donors (Lipinski definition) is 0. The molecule has 0 saturated heterocycles. The van der Waals surface area contributed by atoms with Gasteiger partial charge in [-0.1, -0.05) is 0 Å². The summed E-state index contributed by atoms with van der Waals surface area (Å²) < 4.78 is 47.6. The van der Waals surface area contributed by atoms with Crippen molar-refractivity contribution in [3.63, 3.8) is 0 Å². The molecule has 0 N–H and O–H groups in total. The Kier molecular flexibility index (Phi) is 4.44. The number of alkyl halides is 3. The fourth-order valence-corrected chi connectivity index (χ4v) is 3.95. The SMILES string of the molecule is CCn1nc2c(c1C(=O)N1CCn3c(nnc3C(F)(F)F)C1)C[C@H](C)O[C@@H]2C. The van der Waals surface area contributed by atoms with Gasteiger partial charge in [-0.05, 0) is 20.8 Å². The predicted molar refractivity (Wildman–Crippen MR) is 90.3 cm³/mol. The maximum Gasteiger partial charge on any atom is 0.451 e. The molecule has 0 fully saturated rings. The molecule has 2 atom stereocenters. The predicted octanol–water partition coefficient (Wildman–Crippen LogP) is 2.19. The van der Waals surface area contributed by atoms with Crippen molar-refractivity contribution in [3.8, 4) is 0 Å². The van der Waals surface area contributed by atoms with Crippen molar-refractivity contribution in [1.82, 2.24) is 29.4 Å². The van der Waals surface area contributed by atoms with E-state index in [-0.39, 0.29) is 43.6 Å². The zero-order chi connectivity index (χ0) is 20.2. The van der Waals surface area contributed by atoms with E-state index in [1.54, 1.807) is 4.68 Å². The van der Waals surface area contributed by atoms with Gasteiger partial charge in [0, 0.05) is 31.6 Å². The third-order valence-corrected chi connectivity index (χ3v) is 5.19. The summed E-state index contributed by atoms with van der Waals surface area (Å²) in [4.78, 5) is 14.8. The summed E-state index contributed by atoms with van der Waals surface area (Å²) in [5.74, 6) is -1.14. The second kappa shape index (κ2) is 6.57. The molecule has 1 amide bonds. The first-order chi connectivity index (χ1) is 13.2. The van der Waals surface area contributed by atoms with E-state index in [2.05, 4.69) is 15.3 Å². The second-order valence-electron chi connectivity index (χ2n) is 7.14. The lowest BCUT2D eigenvalue weighted by Gasteiger charge is -2.29. The quantitative estimate of drug-likeness (QED) is 0.775. The molecule has 8 nitrogen and oxygen atoms in total. The van der Waals surface area contributed by atoms with E-state index < -0.39 is 12.0 Å². The molecule has 2 aliphatic rings. The molecule has 152 valence electrons. The largest absolute Gasteiger partial charge is 0.451 e. The lowest BCUT2D eigenvalue weighted by atomic mass is 9.99. The molecule has 2 aromatic heterocycles. The number of aromatic nitrogens is 5. The number of ether oxygens (including phenoxy) is 1. The average molecular weight is 398 g/mol. The fraction of sp³-hybridized carbons (Fsp3) is 0.647. The van der Waals surface area contributed by atoms with Crippen LogP contribution in [0.3, 0.4) is 0 Å². The number of carbonyl (C=O) groups excluding carboxylic acids is 1. The fourth-order valence-electron chi connectivity index (χ4n) is 3.95. The van der Waals surface area contributed by atoms with Crippen LogP contribution in [0.2, 0.25) is 0 Å². The topological polar surface area (TPSA) is 78.1 Å². The number of halogens is 3. The molecular formula is C17H21F3N6O2. The molecule has 0 radical (unpaired) electrons. The van der Waals surface area contributed by atoms with E-state index >= 15 is 0 Å². The highest BCUT2D eigenvalue weighted by Crippen LogP contribution is 2.33. The van der Waals surface area contributed by atoms with Gasteiger partial charge in [-0.3, -0.25) is 9.48 Å². The standard InChI is InChI=1S/C17H21F3N6O2/c1-4-26-14(11-7-9(2)28-10(3)13(11)23-26)15(27)24-5-6-25-12(8-24)21-22-16(25)17(18,19)20/h9-10H,4-8H2,1-3H3/t9-,10+/m0/s1. The smallest absolute Gasteiger partial charge is 0.369 e. The Labute approximate surface area is 159 Å². The minimum absolute atomic E-state index is 0.00128. The molecule has 0 unspecified atom stereocenters. The Morgan fingerprint density at radius 1 is 1.25 bits per heavy atom. The zero-order valence-corrected chi connectivity index (χ0v) is 15.8. The van der Waals surface area contributed by atoms with Crippen LogP contribution in [0.1, 0.15) is 60.3 Å². The van der Waals surface area contributed by atoms with Crippen LogP contribution >= 0.6 is 0 Å². The van der Waals surface area contributed by atoms with Crippen molar-refractivity contribution in [2.75, 3.05) is 6.54 Å². The van der Waals surface area contributed by atoms with Gasteiger partial charge in [-0.25, -0.2) is 0 Å². The summed E-state index contributed by atoms with van der Waals surface area (Å²) in [7, 11) is 0. The van der Waals surface area contributed by atoms with Crippen LogP contribution in [0, 0.1) is 0 Å². The highest BCUT2D eigenvalue weighted by molar-refractivity contribution is 5.94. The van der Waals surface area contributed by atoms with Crippen LogP contribution in [0.25, 0.3) is 0 Å². The van der Waals surface area contributed by atoms with Gasteiger partial charge >= 0.3 is 6.18 Å². The first kappa shape index (κ1) is 18.9. The van der Waals surface area contributed by atoms with E-state index in [4.69, 9.17) is 4.74 Å². The Bertz CT molecular complexity index is 919. The van der Waals surface area contributed by atoms with Gasteiger partial charge in [-0.15, -0.1) is 10.2 Å². The average Bonchev–Trinajstić information content (AvgIpc) is 3.21. The van der Waals surface area contributed by atoms with Gasteiger partial charge < -0.3 is 14.2 Å². The summed E-state index contributed by atoms with van der Waals surface area (Å²) in [5.41, 5.74) is 2.10. The van der Waals surface area contributed by atoms with Gasteiger partial charge in [0.25, 0.3) is 5.91 Å². The van der Waals surface area contributed by atoms with Gasteiger partial charge in [0.15, 0.2) is 5.82 Å². The van der Waals surface area contributed by atoms with Gasteiger partial charge in [0.1, 0.15) is 5.69 Å². The van der Waals surface area contributed by atoms with Crippen molar-refractivity contribution in [3.05, 3.63) is 28.6 Å². The van der Waals surface area contributed by atoms with Crippen molar-refractivity contribution in [2.45, 2.75) is 65.2 Å². The molecule has 0 aromatic carbocycles. The van der Waals surface area contributed by atoms with Crippen molar-refractivity contribution in [2.24, 2.45) is 0 Å². The Hall–Kier alpha value is -2.43. The van der Waals surface area contributed by atoms with E-state index in [0.717, 1.165) is 15.8 Å². The Morgan fingerprint density at radius 3 is 2.68 bits per heavy atom. The Balaban J connectivity index is 1.66. The summed E-state index contributed by atoms with van der Waals surface area (Å²) in [5, 5.41) is 11.5. The number of hydrogen-bond acceptors (Lipinski definition) is 5. The number of amides is 1. The maximum absolute atomic E-state index is 13.3. The van der Waals surface area contributed by atoms with Crippen LogP contribution in [-0.4, -0.2) is 48.0 Å². The minimum Gasteiger partial charge on any atom is -0.369 e. The lowest BCUT2D eigenvalue weighted by Crippen LogP contribution is -2.40. The van der Waals surface area contributed by atoms with E-state index in [9.17, 15) is 18.0 Å². The van der Waals surface area contributed by atoms with Crippen LogP contribution in [0.15, 0.2) is 0 Å².